The first kappa shape index (κ1) is 13.2. The van der Waals surface area contributed by atoms with Gasteiger partial charge in [0.05, 0.1) is 19.9 Å². The molecule has 3 heterocycles. The monoisotopic (exact) mass is 376 g/mol. The summed E-state index contributed by atoms with van der Waals surface area (Å²) in [4.78, 5) is 8.90. The summed E-state index contributed by atoms with van der Waals surface area (Å²) >= 11 is 6.76. The van der Waals surface area contributed by atoms with Crippen LogP contribution in [0.4, 0.5) is 0 Å². The van der Waals surface area contributed by atoms with Crippen LogP contribution in [-0.4, -0.2) is 9.97 Å². The van der Waals surface area contributed by atoms with Gasteiger partial charge in [0, 0.05) is 28.2 Å². The van der Waals surface area contributed by atoms with Crippen LogP contribution in [0, 0.1) is 6.92 Å². The zero-order chi connectivity index (χ0) is 14.4. The maximum Gasteiger partial charge on any atom is 0.219 e. The second-order valence-corrected chi connectivity index (χ2v) is 7.60. The van der Waals surface area contributed by atoms with E-state index in [1.54, 1.807) is 28.9 Å². The molecule has 0 atom stereocenters. The Morgan fingerprint density at radius 1 is 1.24 bits per heavy atom. The molecule has 0 unspecified atom stereocenters. The predicted octanol–water partition coefficient (Wildman–Crippen LogP) is 5.77. The fourth-order valence-electron chi connectivity index (χ4n) is 2.21. The highest BCUT2D eigenvalue weighted by molar-refractivity contribution is 9.10. The van der Waals surface area contributed by atoms with Crippen molar-refractivity contribution in [2.75, 3.05) is 0 Å². The standard InChI is InChI=1S/C15H9BrN2OS2/c1-8-18-14-12(21-8)6-11(10-4-5-20-15(10)14)19-13-3-2-9(16)7-17-13/h2-7H,1H3. The number of halogens is 1. The van der Waals surface area contributed by atoms with Gasteiger partial charge in [0.25, 0.3) is 0 Å². The third kappa shape index (κ3) is 2.33. The quantitative estimate of drug-likeness (QED) is 0.445. The van der Waals surface area contributed by atoms with E-state index in [0.717, 1.165) is 30.8 Å². The number of aryl methyl sites for hydroxylation is 1. The lowest BCUT2D eigenvalue weighted by molar-refractivity contribution is 0.469. The molecule has 1 aromatic carbocycles. The topological polar surface area (TPSA) is 35.0 Å². The number of aromatic nitrogens is 2. The van der Waals surface area contributed by atoms with Crippen molar-refractivity contribution >= 4 is 58.9 Å². The molecule has 104 valence electrons. The number of benzene rings is 1. The Morgan fingerprint density at radius 3 is 2.95 bits per heavy atom. The summed E-state index contributed by atoms with van der Waals surface area (Å²) in [5, 5.41) is 4.22. The molecule has 0 aliphatic heterocycles. The average molecular weight is 377 g/mol. The van der Waals surface area contributed by atoms with Gasteiger partial charge in [-0.05, 0) is 40.4 Å². The van der Waals surface area contributed by atoms with Crippen molar-refractivity contribution in [1.82, 2.24) is 9.97 Å². The molecule has 4 rings (SSSR count). The smallest absolute Gasteiger partial charge is 0.219 e. The van der Waals surface area contributed by atoms with Crippen molar-refractivity contribution in [2.45, 2.75) is 6.92 Å². The SMILES string of the molecule is Cc1nc2c(cc(Oc3ccc(Br)cn3)c3ccsc32)s1. The number of nitrogens with zero attached hydrogens (tertiary/aromatic N) is 2. The highest BCUT2D eigenvalue weighted by Gasteiger charge is 2.13. The van der Waals surface area contributed by atoms with E-state index < -0.39 is 0 Å². The van der Waals surface area contributed by atoms with Crippen molar-refractivity contribution in [3.05, 3.63) is 45.3 Å². The van der Waals surface area contributed by atoms with Crippen LogP contribution in [0.15, 0.2) is 40.3 Å². The van der Waals surface area contributed by atoms with Gasteiger partial charge in [0.1, 0.15) is 5.75 Å². The van der Waals surface area contributed by atoms with Crippen LogP contribution in [0.25, 0.3) is 20.3 Å². The first-order chi connectivity index (χ1) is 10.2. The Hall–Kier alpha value is -1.50. The summed E-state index contributed by atoms with van der Waals surface area (Å²) in [6.45, 7) is 2.03. The highest BCUT2D eigenvalue weighted by atomic mass is 79.9. The van der Waals surface area contributed by atoms with Gasteiger partial charge in [0.15, 0.2) is 0 Å². The highest BCUT2D eigenvalue weighted by Crippen LogP contribution is 2.40. The molecule has 0 bridgehead atoms. The summed E-state index contributed by atoms with van der Waals surface area (Å²) in [5.41, 5.74) is 1.07. The lowest BCUT2D eigenvalue weighted by atomic mass is 10.2. The first-order valence-electron chi connectivity index (χ1n) is 6.27. The molecule has 0 saturated heterocycles. The molecule has 0 N–H and O–H groups in total. The van der Waals surface area contributed by atoms with Gasteiger partial charge in [-0.25, -0.2) is 9.97 Å². The summed E-state index contributed by atoms with van der Waals surface area (Å²) < 4.78 is 9.23. The van der Waals surface area contributed by atoms with Gasteiger partial charge in [-0.15, -0.1) is 22.7 Å². The Morgan fingerprint density at radius 2 is 2.14 bits per heavy atom. The minimum Gasteiger partial charge on any atom is -0.438 e. The second kappa shape index (κ2) is 5.05. The number of ether oxygens (including phenoxy) is 1. The fourth-order valence-corrected chi connectivity index (χ4v) is 4.27. The van der Waals surface area contributed by atoms with Gasteiger partial charge in [-0.2, -0.15) is 0 Å². The molecule has 4 aromatic rings. The van der Waals surface area contributed by atoms with E-state index in [4.69, 9.17) is 4.74 Å². The van der Waals surface area contributed by atoms with E-state index in [2.05, 4.69) is 43.4 Å². The van der Waals surface area contributed by atoms with Crippen molar-refractivity contribution in [3.8, 4) is 11.6 Å². The molecule has 3 nitrogen and oxygen atoms in total. The normalized spacial score (nSPS) is 11.3. The Labute approximate surface area is 137 Å². The van der Waals surface area contributed by atoms with Crippen molar-refractivity contribution < 1.29 is 4.74 Å². The van der Waals surface area contributed by atoms with E-state index in [1.807, 2.05) is 19.1 Å². The number of fused-ring (bicyclic) bond motifs is 3. The Bertz CT molecular complexity index is 944. The molecule has 0 aliphatic rings. The van der Waals surface area contributed by atoms with E-state index in [0.29, 0.717) is 5.88 Å². The average Bonchev–Trinajstić information content (AvgIpc) is 3.07. The molecule has 0 radical (unpaired) electrons. The van der Waals surface area contributed by atoms with Crippen LogP contribution >= 0.6 is 38.6 Å². The van der Waals surface area contributed by atoms with Crippen LogP contribution in [0.3, 0.4) is 0 Å². The van der Waals surface area contributed by atoms with Crippen molar-refractivity contribution in [3.63, 3.8) is 0 Å². The molecule has 0 spiro atoms. The molecule has 0 amide bonds. The number of rotatable bonds is 2. The molecule has 0 fully saturated rings. The summed E-state index contributed by atoms with van der Waals surface area (Å²) in [6, 6.07) is 7.90. The molecule has 0 aliphatic carbocycles. The third-order valence-corrected chi connectivity index (χ3v) is 5.39. The molecular formula is C15H9BrN2OS2. The Balaban J connectivity index is 1.89. The van der Waals surface area contributed by atoms with E-state index in [-0.39, 0.29) is 0 Å². The zero-order valence-electron chi connectivity index (χ0n) is 11.0. The van der Waals surface area contributed by atoms with Crippen LogP contribution < -0.4 is 4.74 Å². The lowest BCUT2D eigenvalue weighted by Gasteiger charge is -2.06. The van der Waals surface area contributed by atoms with Crippen molar-refractivity contribution in [2.24, 2.45) is 0 Å². The van der Waals surface area contributed by atoms with Crippen LogP contribution in [-0.2, 0) is 0 Å². The molecule has 3 aromatic heterocycles. The molecule has 6 heteroatoms. The van der Waals surface area contributed by atoms with Gasteiger partial charge >= 0.3 is 0 Å². The molecular weight excluding hydrogens is 368 g/mol. The van der Waals surface area contributed by atoms with Gasteiger partial charge in [-0.1, -0.05) is 0 Å². The number of thiophene rings is 1. The largest absolute Gasteiger partial charge is 0.438 e. The number of thiazole rings is 1. The minimum atomic E-state index is 0.589. The van der Waals surface area contributed by atoms with E-state index in [1.165, 1.54) is 4.70 Å². The summed E-state index contributed by atoms with van der Waals surface area (Å²) in [5.74, 6) is 1.42. The van der Waals surface area contributed by atoms with Crippen LogP contribution in [0.1, 0.15) is 5.01 Å². The van der Waals surface area contributed by atoms with Gasteiger partial charge in [-0.3, -0.25) is 0 Å². The number of hydrogen-bond acceptors (Lipinski definition) is 5. The van der Waals surface area contributed by atoms with Gasteiger partial charge in [0.2, 0.25) is 5.88 Å². The lowest BCUT2D eigenvalue weighted by Crippen LogP contribution is -1.88. The minimum absolute atomic E-state index is 0.589. The Kier molecular flexibility index (Phi) is 3.17. The van der Waals surface area contributed by atoms with Crippen LogP contribution in [0.2, 0.25) is 0 Å². The second-order valence-electron chi connectivity index (χ2n) is 4.53. The van der Waals surface area contributed by atoms with Crippen LogP contribution in [0.5, 0.6) is 11.6 Å². The third-order valence-electron chi connectivity index (χ3n) is 3.08. The first-order valence-corrected chi connectivity index (χ1v) is 8.76. The molecule has 0 saturated carbocycles. The predicted molar refractivity (Wildman–Crippen MR) is 91.8 cm³/mol. The zero-order valence-corrected chi connectivity index (χ0v) is 14.2. The number of pyridine rings is 1. The van der Waals surface area contributed by atoms with E-state index >= 15 is 0 Å². The van der Waals surface area contributed by atoms with Crippen molar-refractivity contribution in [1.29, 1.82) is 0 Å². The maximum absolute atomic E-state index is 5.98. The summed E-state index contributed by atoms with van der Waals surface area (Å²) in [6.07, 6.45) is 1.73. The summed E-state index contributed by atoms with van der Waals surface area (Å²) in [7, 11) is 0. The maximum atomic E-state index is 5.98. The number of hydrogen-bond donors (Lipinski definition) is 0. The van der Waals surface area contributed by atoms with E-state index in [9.17, 15) is 0 Å². The van der Waals surface area contributed by atoms with Gasteiger partial charge < -0.3 is 4.74 Å². The fraction of sp³-hybridized carbons (Fsp3) is 0.0667. The molecule has 21 heavy (non-hydrogen) atoms.